The molecule has 150 valence electrons. The lowest BCUT2D eigenvalue weighted by atomic mass is 9.69. The van der Waals surface area contributed by atoms with Gasteiger partial charge < -0.3 is 5.32 Å². The van der Waals surface area contributed by atoms with Crippen molar-refractivity contribution in [3.8, 4) is 0 Å². The molecule has 1 aromatic rings. The molecule has 0 spiro atoms. The van der Waals surface area contributed by atoms with E-state index in [1.54, 1.807) is 12.1 Å². The average Bonchev–Trinajstić information content (AvgIpc) is 2.64. The van der Waals surface area contributed by atoms with E-state index < -0.39 is 0 Å². The van der Waals surface area contributed by atoms with Gasteiger partial charge in [0.25, 0.3) is 0 Å². The zero-order chi connectivity index (χ0) is 20.0. The lowest BCUT2D eigenvalue weighted by Gasteiger charge is -2.36. The lowest BCUT2D eigenvalue weighted by molar-refractivity contribution is -0.128. The Balaban J connectivity index is 2.28. The van der Waals surface area contributed by atoms with Gasteiger partial charge in [-0.2, -0.15) is 0 Å². The molecule has 0 aliphatic heterocycles. The Morgan fingerprint density at radius 3 is 2.37 bits per heavy atom. The zero-order valence-electron chi connectivity index (χ0n) is 16.4. The number of hydrogen-bond donors (Lipinski definition) is 1. The first kappa shape index (κ1) is 22.6. The van der Waals surface area contributed by atoms with E-state index in [4.69, 9.17) is 23.2 Å². The second-order valence-corrected chi connectivity index (χ2v) is 9.73. The van der Waals surface area contributed by atoms with Gasteiger partial charge in [0.1, 0.15) is 0 Å². The Bertz CT molecular complexity index is 685. The van der Waals surface area contributed by atoms with Crippen LogP contribution in [0.15, 0.2) is 17.0 Å². The molecule has 0 heterocycles. The van der Waals surface area contributed by atoms with Crippen molar-refractivity contribution in [2.24, 2.45) is 11.3 Å². The predicted octanol–water partition coefficient (Wildman–Crippen LogP) is 7.35. The van der Waals surface area contributed by atoms with E-state index in [0.29, 0.717) is 33.0 Å². The Kier molecular flexibility index (Phi) is 8.51. The largest absolute Gasteiger partial charge is 0.325 e. The third kappa shape index (κ3) is 6.13. The Morgan fingerprint density at radius 2 is 1.78 bits per heavy atom. The molecule has 0 unspecified atom stereocenters. The van der Waals surface area contributed by atoms with Crippen LogP contribution in [0.4, 0.5) is 5.69 Å². The summed E-state index contributed by atoms with van der Waals surface area (Å²) >= 11 is 13.4. The molecule has 1 N–H and O–H groups in total. The first-order chi connectivity index (χ1) is 12.8. The van der Waals surface area contributed by atoms with Crippen molar-refractivity contribution in [2.75, 3.05) is 5.32 Å². The topological polar surface area (TPSA) is 46.2 Å². The van der Waals surface area contributed by atoms with Gasteiger partial charge in [0.2, 0.25) is 5.91 Å². The molecule has 0 aromatic heterocycles. The molecule has 1 fully saturated rings. The molecule has 0 atom stereocenters. The van der Waals surface area contributed by atoms with Gasteiger partial charge in [0, 0.05) is 16.7 Å². The van der Waals surface area contributed by atoms with Gasteiger partial charge in [-0.25, -0.2) is 0 Å². The Labute approximate surface area is 177 Å². The third-order valence-electron chi connectivity index (χ3n) is 5.28. The smallest absolute Gasteiger partial charge is 0.230 e. The standard InChI is InChI=1S/C21H29Cl2NO2S/c1-4-19(25)27-18-13-16(23)15(22)12-17(18)24-20(26)21(11-8-14(2)3)9-6-5-7-10-21/h12-14H,4-11H2,1-3H3,(H,24,26). The SMILES string of the molecule is CCC(=O)Sc1cc(Cl)c(Cl)cc1NC(=O)C1(CCC(C)C)CCCCC1. The third-order valence-corrected chi connectivity index (χ3v) is 7.07. The molecule has 1 amide bonds. The summed E-state index contributed by atoms with van der Waals surface area (Å²) in [6.45, 7) is 6.20. The van der Waals surface area contributed by atoms with Crippen LogP contribution in [-0.2, 0) is 9.59 Å². The minimum atomic E-state index is -0.328. The summed E-state index contributed by atoms with van der Waals surface area (Å²) in [6.07, 6.45) is 7.54. The number of halogens is 2. The highest BCUT2D eigenvalue weighted by atomic mass is 35.5. The minimum absolute atomic E-state index is 0.0241. The number of carbonyl (C=O) groups excluding carboxylic acids is 2. The summed E-state index contributed by atoms with van der Waals surface area (Å²) in [6, 6.07) is 3.32. The van der Waals surface area contributed by atoms with E-state index in [-0.39, 0.29) is 16.4 Å². The molecule has 1 aliphatic carbocycles. The molecule has 0 saturated heterocycles. The van der Waals surface area contributed by atoms with Gasteiger partial charge in [-0.1, -0.05) is 63.2 Å². The highest BCUT2D eigenvalue weighted by Gasteiger charge is 2.39. The second-order valence-electron chi connectivity index (χ2n) is 7.82. The van der Waals surface area contributed by atoms with Gasteiger partial charge in [-0.05, 0) is 55.5 Å². The van der Waals surface area contributed by atoms with Crippen molar-refractivity contribution in [3.05, 3.63) is 22.2 Å². The van der Waals surface area contributed by atoms with Crippen molar-refractivity contribution in [2.45, 2.75) is 77.0 Å². The molecule has 27 heavy (non-hydrogen) atoms. The van der Waals surface area contributed by atoms with Crippen LogP contribution in [0.5, 0.6) is 0 Å². The van der Waals surface area contributed by atoms with Crippen molar-refractivity contribution in [3.63, 3.8) is 0 Å². The predicted molar refractivity (Wildman–Crippen MR) is 116 cm³/mol. The zero-order valence-corrected chi connectivity index (χ0v) is 18.7. The highest BCUT2D eigenvalue weighted by molar-refractivity contribution is 8.13. The fraction of sp³-hybridized carbons (Fsp3) is 0.619. The summed E-state index contributed by atoms with van der Waals surface area (Å²) in [7, 11) is 0. The maximum Gasteiger partial charge on any atom is 0.230 e. The van der Waals surface area contributed by atoms with E-state index in [1.165, 1.54) is 6.42 Å². The van der Waals surface area contributed by atoms with Gasteiger partial charge in [0.15, 0.2) is 5.12 Å². The molecule has 1 aromatic carbocycles. The number of nitrogens with one attached hydrogen (secondary N) is 1. The van der Waals surface area contributed by atoms with Gasteiger partial charge in [0.05, 0.1) is 15.7 Å². The van der Waals surface area contributed by atoms with Crippen molar-refractivity contribution >= 4 is 51.7 Å². The fourth-order valence-electron chi connectivity index (χ4n) is 3.54. The van der Waals surface area contributed by atoms with Crippen LogP contribution in [0.25, 0.3) is 0 Å². The molecule has 0 radical (unpaired) electrons. The van der Waals surface area contributed by atoms with Crippen molar-refractivity contribution < 1.29 is 9.59 Å². The number of thioether (sulfide) groups is 1. The molecule has 1 aliphatic rings. The highest BCUT2D eigenvalue weighted by Crippen LogP contribution is 2.43. The first-order valence-corrected chi connectivity index (χ1v) is 11.4. The average molecular weight is 430 g/mol. The monoisotopic (exact) mass is 429 g/mol. The van der Waals surface area contributed by atoms with Crippen LogP contribution in [0.1, 0.15) is 72.1 Å². The molecule has 0 bridgehead atoms. The van der Waals surface area contributed by atoms with E-state index in [0.717, 1.165) is 50.3 Å². The normalized spacial score (nSPS) is 16.4. The summed E-state index contributed by atoms with van der Waals surface area (Å²) in [4.78, 5) is 25.9. The van der Waals surface area contributed by atoms with Crippen molar-refractivity contribution in [1.29, 1.82) is 0 Å². The minimum Gasteiger partial charge on any atom is -0.325 e. The number of amides is 1. The van der Waals surface area contributed by atoms with Crippen LogP contribution in [0, 0.1) is 11.3 Å². The van der Waals surface area contributed by atoms with Gasteiger partial charge in [-0.15, -0.1) is 0 Å². The number of anilines is 1. The lowest BCUT2D eigenvalue weighted by Crippen LogP contribution is -2.38. The van der Waals surface area contributed by atoms with Gasteiger partial charge in [-0.3, -0.25) is 9.59 Å². The summed E-state index contributed by atoms with van der Waals surface area (Å²) in [5.41, 5.74) is 0.251. The number of hydrogen-bond acceptors (Lipinski definition) is 3. The molecular formula is C21H29Cl2NO2S. The van der Waals surface area contributed by atoms with E-state index in [2.05, 4.69) is 19.2 Å². The molecule has 2 rings (SSSR count). The molecular weight excluding hydrogens is 401 g/mol. The van der Waals surface area contributed by atoms with E-state index in [1.807, 2.05) is 6.92 Å². The van der Waals surface area contributed by atoms with Crippen LogP contribution in [-0.4, -0.2) is 11.0 Å². The van der Waals surface area contributed by atoms with E-state index in [9.17, 15) is 9.59 Å². The maximum absolute atomic E-state index is 13.3. The number of carbonyl (C=O) groups is 2. The maximum atomic E-state index is 13.3. The fourth-order valence-corrected chi connectivity index (χ4v) is 4.72. The quantitative estimate of drug-likeness (QED) is 0.460. The summed E-state index contributed by atoms with van der Waals surface area (Å²) < 4.78 is 0. The summed E-state index contributed by atoms with van der Waals surface area (Å²) in [5.74, 6) is 0.613. The molecule has 3 nitrogen and oxygen atoms in total. The number of benzene rings is 1. The van der Waals surface area contributed by atoms with Crippen LogP contribution >= 0.6 is 35.0 Å². The first-order valence-electron chi connectivity index (χ1n) is 9.78. The Morgan fingerprint density at radius 1 is 1.15 bits per heavy atom. The molecule has 1 saturated carbocycles. The Hall–Kier alpha value is -0.710. The second kappa shape index (κ2) is 10.2. The number of rotatable bonds is 7. The van der Waals surface area contributed by atoms with E-state index >= 15 is 0 Å². The van der Waals surface area contributed by atoms with Crippen LogP contribution in [0.2, 0.25) is 10.0 Å². The summed E-state index contributed by atoms with van der Waals surface area (Å²) in [5, 5.41) is 3.87. The van der Waals surface area contributed by atoms with Crippen LogP contribution in [0.3, 0.4) is 0 Å². The van der Waals surface area contributed by atoms with Crippen LogP contribution < -0.4 is 5.32 Å². The molecule has 6 heteroatoms. The van der Waals surface area contributed by atoms with Gasteiger partial charge >= 0.3 is 0 Å². The van der Waals surface area contributed by atoms with Crippen molar-refractivity contribution in [1.82, 2.24) is 0 Å².